The Hall–Kier alpha value is -0.0100. The van der Waals surface area contributed by atoms with E-state index in [0.717, 1.165) is 15.6 Å². The summed E-state index contributed by atoms with van der Waals surface area (Å²) in [5.41, 5.74) is 1.27. The van der Waals surface area contributed by atoms with Crippen LogP contribution >= 0.6 is 22.9 Å². The number of aryl methyl sites for hydroxylation is 1. The zero-order valence-corrected chi connectivity index (χ0v) is 6.85. The van der Waals surface area contributed by atoms with Crippen LogP contribution in [0.3, 0.4) is 0 Å². The number of thiophene rings is 1. The Kier molecular flexibility index (Phi) is 2.14. The van der Waals surface area contributed by atoms with Crippen LogP contribution in [0.15, 0.2) is 6.07 Å². The van der Waals surface area contributed by atoms with Crippen molar-refractivity contribution in [2.45, 2.75) is 13.3 Å². The first-order valence-electron chi connectivity index (χ1n) is 2.84. The van der Waals surface area contributed by atoms with Crippen LogP contribution in [-0.4, -0.2) is 0 Å². The van der Waals surface area contributed by atoms with Crippen molar-refractivity contribution in [1.82, 2.24) is 0 Å². The molecule has 0 spiro atoms. The molecule has 0 amide bonds. The maximum atomic E-state index is 5.72. The molecule has 1 heterocycles. The van der Waals surface area contributed by atoms with Crippen LogP contribution in [0.1, 0.15) is 17.4 Å². The smallest absolute Gasteiger partial charge is 0.0934 e. The van der Waals surface area contributed by atoms with E-state index < -0.39 is 0 Å². The molecule has 0 saturated carbocycles. The van der Waals surface area contributed by atoms with Crippen LogP contribution in [0.2, 0.25) is 4.34 Å². The molecule has 0 nitrogen and oxygen atoms in total. The molecule has 0 unspecified atom stereocenters. The maximum Gasteiger partial charge on any atom is 0.0934 e. The average Bonchev–Trinajstić information content (AvgIpc) is 2.10. The van der Waals surface area contributed by atoms with Crippen LogP contribution in [0, 0.1) is 6.92 Å². The molecule has 1 rings (SSSR count). The van der Waals surface area contributed by atoms with Gasteiger partial charge in [0.25, 0.3) is 0 Å². The number of rotatable bonds is 1. The Morgan fingerprint density at radius 2 is 2.44 bits per heavy atom. The second kappa shape index (κ2) is 2.72. The molecule has 0 saturated heterocycles. The normalized spacial score (nSPS) is 10.1. The van der Waals surface area contributed by atoms with E-state index in [1.54, 1.807) is 11.3 Å². The third-order valence-electron chi connectivity index (χ3n) is 1.25. The van der Waals surface area contributed by atoms with Crippen LogP contribution in [-0.2, 0) is 6.42 Å². The minimum Gasteiger partial charge on any atom is -0.128 e. The lowest BCUT2D eigenvalue weighted by Gasteiger charge is -1.87. The van der Waals surface area contributed by atoms with Crippen molar-refractivity contribution in [1.29, 1.82) is 0 Å². The molecule has 0 atom stereocenters. The highest BCUT2D eigenvalue weighted by atomic mass is 35.5. The summed E-state index contributed by atoms with van der Waals surface area (Å²) in [4.78, 5) is 1.10. The molecule has 0 aliphatic rings. The van der Waals surface area contributed by atoms with E-state index in [0.29, 0.717) is 0 Å². The predicted octanol–water partition coefficient (Wildman–Crippen LogP) is 3.15. The molecule has 0 aliphatic carbocycles. The van der Waals surface area contributed by atoms with Gasteiger partial charge in [-0.15, -0.1) is 11.3 Å². The van der Waals surface area contributed by atoms with Crippen LogP contribution < -0.4 is 0 Å². The van der Waals surface area contributed by atoms with Crippen molar-refractivity contribution in [2.75, 3.05) is 0 Å². The summed E-state index contributed by atoms with van der Waals surface area (Å²) >= 11 is 7.27. The zero-order chi connectivity index (χ0) is 6.85. The van der Waals surface area contributed by atoms with E-state index in [1.165, 1.54) is 5.56 Å². The van der Waals surface area contributed by atoms with E-state index in [9.17, 15) is 0 Å². The summed E-state index contributed by atoms with van der Waals surface area (Å²) in [6, 6.07) is 1.98. The molecule has 9 heavy (non-hydrogen) atoms. The molecule has 1 radical (unpaired) electrons. The van der Waals surface area contributed by atoms with Gasteiger partial charge < -0.3 is 0 Å². The molecular weight excluding hydrogens is 152 g/mol. The average molecular weight is 160 g/mol. The van der Waals surface area contributed by atoms with Crippen molar-refractivity contribution in [2.24, 2.45) is 0 Å². The second-order valence-electron chi connectivity index (χ2n) is 1.85. The van der Waals surface area contributed by atoms with E-state index in [2.05, 4.69) is 13.8 Å². The lowest BCUT2D eigenvalue weighted by atomic mass is 10.2. The molecule has 1 aromatic heterocycles. The SMILES string of the molecule is [CH2]c1sc(Cl)cc1CC. The molecule has 0 fully saturated rings. The Labute approximate surface area is 64.5 Å². The summed E-state index contributed by atoms with van der Waals surface area (Å²) in [6.45, 7) is 5.95. The fraction of sp³-hybridized carbons (Fsp3) is 0.286. The van der Waals surface area contributed by atoms with Gasteiger partial charge in [-0.2, -0.15) is 0 Å². The first-order chi connectivity index (χ1) is 4.24. The standard InChI is InChI=1S/C7H8ClS/c1-3-6-4-7(8)9-5(6)2/h4H,2-3H2,1H3. The van der Waals surface area contributed by atoms with Gasteiger partial charge in [0.15, 0.2) is 0 Å². The van der Waals surface area contributed by atoms with Crippen LogP contribution in [0.4, 0.5) is 0 Å². The van der Waals surface area contributed by atoms with Gasteiger partial charge in [0.05, 0.1) is 4.34 Å². The van der Waals surface area contributed by atoms with Crippen molar-refractivity contribution < 1.29 is 0 Å². The quantitative estimate of drug-likeness (QED) is 0.591. The summed E-state index contributed by atoms with van der Waals surface area (Å²) in [7, 11) is 0. The molecule has 0 aliphatic heterocycles. The third kappa shape index (κ3) is 1.46. The number of hydrogen-bond donors (Lipinski definition) is 0. The summed E-state index contributed by atoms with van der Waals surface area (Å²) < 4.78 is 0.844. The largest absolute Gasteiger partial charge is 0.128 e. The first-order valence-corrected chi connectivity index (χ1v) is 4.03. The lowest BCUT2D eigenvalue weighted by molar-refractivity contribution is 1.15. The zero-order valence-electron chi connectivity index (χ0n) is 5.28. The molecule has 2 heteroatoms. The summed E-state index contributed by atoms with van der Waals surface area (Å²) in [6.07, 6.45) is 1.03. The van der Waals surface area contributed by atoms with Crippen molar-refractivity contribution in [3.8, 4) is 0 Å². The topological polar surface area (TPSA) is 0 Å². The van der Waals surface area contributed by atoms with Gasteiger partial charge in [-0.1, -0.05) is 18.5 Å². The minimum atomic E-state index is 0.844. The van der Waals surface area contributed by atoms with Crippen LogP contribution in [0.5, 0.6) is 0 Å². The van der Waals surface area contributed by atoms with Gasteiger partial charge in [-0.25, -0.2) is 0 Å². The highest BCUT2D eigenvalue weighted by Crippen LogP contribution is 2.25. The lowest BCUT2D eigenvalue weighted by Crippen LogP contribution is -1.74. The Bertz CT molecular complexity index is 203. The Balaban J connectivity index is 3.01. The molecule has 0 bridgehead atoms. The van der Waals surface area contributed by atoms with Gasteiger partial charge in [0.2, 0.25) is 0 Å². The second-order valence-corrected chi connectivity index (χ2v) is 3.62. The number of halogens is 1. The van der Waals surface area contributed by atoms with Crippen molar-refractivity contribution in [3.05, 3.63) is 27.8 Å². The van der Waals surface area contributed by atoms with E-state index in [4.69, 9.17) is 11.6 Å². The van der Waals surface area contributed by atoms with Gasteiger partial charge in [-0.3, -0.25) is 0 Å². The summed E-state index contributed by atoms with van der Waals surface area (Å²) in [5.74, 6) is 0. The Morgan fingerprint density at radius 3 is 2.67 bits per heavy atom. The molecule has 0 N–H and O–H groups in total. The fourth-order valence-electron chi connectivity index (χ4n) is 0.729. The van der Waals surface area contributed by atoms with Gasteiger partial charge in [-0.05, 0) is 25.0 Å². The molecule has 1 aromatic rings. The first kappa shape index (κ1) is 7.10. The molecular formula is C7H8ClS. The summed E-state index contributed by atoms with van der Waals surface area (Å²) in [5, 5.41) is 0. The van der Waals surface area contributed by atoms with Gasteiger partial charge in [0.1, 0.15) is 0 Å². The maximum absolute atomic E-state index is 5.72. The van der Waals surface area contributed by atoms with E-state index in [-0.39, 0.29) is 0 Å². The van der Waals surface area contributed by atoms with Gasteiger partial charge in [0, 0.05) is 4.88 Å². The van der Waals surface area contributed by atoms with Crippen LogP contribution in [0.25, 0.3) is 0 Å². The van der Waals surface area contributed by atoms with Gasteiger partial charge >= 0.3 is 0 Å². The molecule has 49 valence electrons. The van der Waals surface area contributed by atoms with E-state index >= 15 is 0 Å². The third-order valence-corrected chi connectivity index (χ3v) is 2.41. The predicted molar refractivity (Wildman–Crippen MR) is 43.2 cm³/mol. The fourth-order valence-corrected chi connectivity index (χ4v) is 1.91. The highest BCUT2D eigenvalue weighted by molar-refractivity contribution is 7.16. The van der Waals surface area contributed by atoms with E-state index in [1.807, 2.05) is 6.07 Å². The van der Waals surface area contributed by atoms with Crippen molar-refractivity contribution in [3.63, 3.8) is 0 Å². The van der Waals surface area contributed by atoms with Crippen molar-refractivity contribution >= 4 is 22.9 Å². The highest BCUT2D eigenvalue weighted by Gasteiger charge is 1.99. The minimum absolute atomic E-state index is 0.844. The number of hydrogen-bond acceptors (Lipinski definition) is 1. The molecule has 0 aromatic carbocycles. The Morgan fingerprint density at radius 1 is 1.78 bits per heavy atom. The monoisotopic (exact) mass is 159 g/mol.